The van der Waals surface area contributed by atoms with Crippen molar-refractivity contribution in [3.8, 4) is 0 Å². The molecule has 0 heterocycles. The summed E-state index contributed by atoms with van der Waals surface area (Å²) in [6, 6.07) is -0.499. The Kier molecular flexibility index (Phi) is 7.82. The number of aliphatic hydroxyl groups excluding tert-OH is 1. The molecule has 0 radical (unpaired) electrons. The smallest absolute Gasteiger partial charge is 0.243 e. The molecule has 1 aliphatic rings. The van der Waals surface area contributed by atoms with Gasteiger partial charge in [-0.15, -0.1) is 6.58 Å². The first kappa shape index (κ1) is 18.0. The van der Waals surface area contributed by atoms with Crippen LogP contribution < -0.4 is 10.6 Å². The molecule has 6 heteroatoms. The van der Waals surface area contributed by atoms with Crippen molar-refractivity contribution in [3.63, 3.8) is 0 Å². The van der Waals surface area contributed by atoms with Crippen molar-refractivity contribution >= 4 is 24.4 Å². The topological polar surface area (TPSA) is 78.4 Å². The summed E-state index contributed by atoms with van der Waals surface area (Å²) >= 11 is 4.13. The van der Waals surface area contributed by atoms with E-state index in [0.717, 1.165) is 25.7 Å². The standard InChI is InChI=1S/C15H26N2O3S/c1-3-12(10(2)18)14(19)17-13(9-21)15(20)16-11-7-5-4-6-8-11/h3,10-13,18,21H,1,4-9H2,2H3,(H,16,20)(H,17,19)/t10-,12?,13?/m1/s1. The number of carbonyl (C=O) groups is 2. The van der Waals surface area contributed by atoms with Crippen LogP contribution in [0.2, 0.25) is 0 Å². The van der Waals surface area contributed by atoms with E-state index in [1.165, 1.54) is 19.4 Å². The highest BCUT2D eigenvalue weighted by atomic mass is 32.1. The van der Waals surface area contributed by atoms with Crippen molar-refractivity contribution in [2.45, 2.75) is 57.2 Å². The van der Waals surface area contributed by atoms with E-state index in [4.69, 9.17) is 0 Å². The maximum absolute atomic E-state index is 12.2. The van der Waals surface area contributed by atoms with Crippen molar-refractivity contribution in [3.05, 3.63) is 12.7 Å². The monoisotopic (exact) mass is 314 g/mol. The zero-order valence-corrected chi connectivity index (χ0v) is 13.4. The number of nitrogens with one attached hydrogen (secondary N) is 2. The first-order valence-electron chi connectivity index (χ1n) is 7.51. The predicted octanol–water partition coefficient (Wildman–Crippen LogP) is 1.03. The molecule has 2 amide bonds. The third kappa shape index (κ3) is 5.71. The number of carbonyl (C=O) groups excluding carboxylic acids is 2. The molecule has 0 aromatic rings. The van der Waals surface area contributed by atoms with Crippen molar-refractivity contribution < 1.29 is 14.7 Å². The third-order valence-electron chi connectivity index (χ3n) is 3.84. The maximum atomic E-state index is 12.2. The molecule has 3 N–H and O–H groups in total. The fraction of sp³-hybridized carbons (Fsp3) is 0.733. The second-order valence-corrected chi connectivity index (χ2v) is 5.95. The van der Waals surface area contributed by atoms with Gasteiger partial charge in [-0.2, -0.15) is 12.6 Å². The zero-order valence-electron chi connectivity index (χ0n) is 12.5. The van der Waals surface area contributed by atoms with E-state index in [2.05, 4.69) is 29.8 Å². The highest BCUT2D eigenvalue weighted by molar-refractivity contribution is 7.80. The molecule has 5 nitrogen and oxygen atoms in total. The summed E-state index contributed by atoms with van der Waals surface area (Å²) in [7, 11) is 0. The van der Waals surface area contributed by atoms with Gasteiger partial charge in [-0.05, 0) is 19.8 Å². The van der Waals surface area contributed by atoms with Crippen molar-refractivity contribution in [1.29, 1.82) is 0 Å². The molecule has 3 atom stereocenters. The lowest BCUT2D eigenvalue weighted by molar-refractivity contribution is -0.131. The van der Waals surface area contributed by atoms with Crippen LogP contribution in [0.3, 0.4) is 0 Å². The lowest BCUT2D eigenvalue weighted by Crippen LogP contribution is -2.52. The molecule has 2 unspecified atom stereocenters. The Balaban J connectivity index is 2.54. The van der Waals surface area contributed by atoms with Gasteiger partial charge in [0.2, 0.25) is 11.8 Å². The number of aliphatic hydroxyl groups is 1. The van der Waals surface area contributed by atoms with Gasteiger partial charge in [-0.1, -0.05) is 25.3 Å². The van der Waals surface area contributed by atoms with Crippen LogP contribution in [-0.4, -0.2) is 40.9 Å². The Morgan fingerprint density at radius 2 is 1.95 bits per heavy atom. The summed E-state index contributed by atoms with van der Waals surface area (Å²) in [6.07, 6.45) is 5.99. The van der Waals surface area contributed by atoms with Gasteiger partial charge < -0.3 is 15.7 Å². The van der Waals surface area contributed by atoms with Crippen LogP contribution in [0.25, 0.3) is 0 Å². The fourth-order valence-electron chi connectivity index (χ4n) is 2.53. The summed E-state index contributed by atoms with van der Waals surface area (Å²) in [5.74, 6) is -1.13. The molecular formula is C15H26N2O3S. The van der Waals surface area contributed by atoms with Crippen LogP contribution in [0.4, 0.5) is 0 Å². The van der Waals surface area contributed by atoms with Gasteiger partial charge in [0.15, 0.2) is 0 Å². The molecule has 0 aromatic heterocycles. The fourth-order valence-corrected chi connectivity index (χ4v) is 2.79. The second-order valence-electron chi connectivity index (χ2n) is 5.59. The quantitative estimate of drug-likeness (QED) is 0.419. The van der Waals surface area contributed by atoms with Crippen LogP contribution in [0, 0.1) is 5.92 Å². The van der Waals surface area contributed by atoms with Gasteiger partial charge in [0.05, 0.1) is 12.0 Å². The van der Waals surface area contributed by atoms with Gasteiger partial charge in [0, 0.05) is 11.8 Å². The molecule has 0 aromatic carbocycles. The van der Waals surface area contributed by atoms with Gasteiger partial charge in [0.1, 0.15) is 6.04 Å². The van der Waals surface area contributed by atoms with Crippen molar-refractivity contribution in [1.82, 2.24) is 10.6 Å². The summed E-state index contributed by atoms with van der Waals surface area (Å²) in [6.45, 7) is 5.05. The first-order chi connectivity index (χ1) is 9.99. The number of hydrogen-bond acceptors (Lipinski definition) is 4. The molecule has 1 fully saturated rings. The molecule has 21 heavy (non-hydrogen) atoms. The Labute approximate surface area is 132 Å². The van der Waals surface area contributed by atoms with Crippen LogP contribution in [-0.2, 0) is 9.59 Å². The lowest BCUT2D eigenvalue weighted by atomic mass is 9.95. The summed E-state index contributed by atoms with van der Waals surface area (Å²) in [4.78, 5) is 24.2. The lowest BCUT2D eigenvalue weighted by Gasteiger charge is -2.26. The Bertz CT molecular complexity index is 368. The molecule has 0 bridgehead atoms. The van der Waals surface area contributed by atoms with Gasteiger partial charge >= 0.3 is 0 Å². The Morgan fingerprint density at radius 1 is 1.33 bits per heavy atom. The van der Waals surface area contributed by atoms with E-state index in [0.29, 0.717) is 0 Å². The average molecular weight is 314 g/mol. The SMILES string of the molecule is C=CC(C(=O)NC(CS)C(=O)NC1CCCCC1)[C@@H](C)O. The molecule has 120 valence electrons. The summed E-state index contributed by atoms with van der Waals surface area (Å²) in [5, 5.41) is 15.1. The third-order valence-corrected chi connectivity index (χ3v) is 4.21. The number of rotatable bonds is 7. The van der Waals surface area contributed by atoms with Crippen LogP contribution >= 0.6 is 12.6 Å². The Hall–Kier alpha value is -1.01. The largest absolute Gasteiger partial charge is 0.392 e. The van der Waals surface area contributed by atoms with E-state index >= 15 is 0 Å². The maximum Gasteiger partial charge on any atom is 0.243 e. The van der Waals surface area contributed by atoms with E-state index < -0.39 is 24.0 Å². The number of thiol groups is 1. The molecule has 1 saturated carbocycles. The normalized spacial score (nSPS) is 20.1. The molecule has 1 aliphatic carbocycles. The number of hydrogen-bond donors (Lipinski definition) is 4. The van der Waals surface area contributed by atoms with Gasteiger partial charge in [0.25, 0.3) is 0 Å². The minimum absolute atomic E-state index is 0.192. The van der Waals surface area contributed by atoms with Crippen LogP contribution in [0.1, 0.15) is 39.0 Å². The summed E-state index contributed by atoms with van der Waals surface area (Å²) < 4.78 is 0. The van der Waals surface area contributed by atoms with E-state index in [1.807, 2.05) is 0 Å². The summed E-state index contributed by atoms with van der Waals surface area (Å²) in [5.41, 5.74) is 0. The van der Waals surface area contributed by atoms with E-state index in [-0.39, 0.29) is 17.7 Å². The van der Waals surface area contributed by atoms with Crippen molar-refractivity contribution in [2.75, 3.05) is 5.75 Å². The zero-order chi connectivity index (χ0) is 15.8. The second kappa shape index (κ2) is 9.10. The highest BCUT2D eigenvalue weighted by Gasteiger charge is 2.27. The Morgan fingerprint density at radius 3 is 2.43 bits per heavy atom. The average Bonchev–Trinajstić information content (AvgIpc) is 2.46. The molecular weight excluding hydrogens is 288 g/mol. The molecule has 0 spiro atoms. The predicted molar refractivity (Wildman–Crippen MR) is 86.2 cm³/mol. The van der Waals surface area contributed by atoms with Crippen LogP contribution in [0.15, 0.2) is 12.7 Å². The minimum atomic E-state index is -0.843. The molecule has 0 saturated heterocycles. The first-order valence-corrected chi connectivity index (χ1v) is 8.15. The molecule has 0 aliphatic heterocycles. The van der Waals surface area contributed by atoms with E-state index in [9.17, 15) is 14.7 Å². The van der Waals surface area contributed by atoms with Crippen molar-refractivity contribution in [2.24, 2.45) is 5.92 Å². The van der Waals surface area contributed by atoms with Gasteiger partial charge in [-0.25, -0.2) is 0 Å². The molecule has 1 rings (SSSR count). The van der Waals surface area contributed by atoms with Gasteiger partial charge in [-0.3, -0.25) is 9.59 Å². The minimum Gasteiger partial charge on any atom is -0.392 e. The number of amides is 2. The van der Waals surface area contributed by atoms with E-state index in [1.54, 1.807) is 0 Å². The highest BCUT2D eigenvalue weighted by Crippen LogP contribution is 2.17. The van der Waals surface area contributed by atoms with Crippen LogP contribution in [0.5, 0.6) is 0 Å².